The lowest BCUT2D eigenvalue weighted by atomic mass is 10.1. The van der Waals surface area contributed by atoms with Gasteiger partial charge in [-0.1, -0.05) is 73.8 Å². The Morgan fingerprint density at radius 2 is 1.56 bits per heavy atom. The fraction of sp³-hybridized carbons (Fsp3) is 0.120. The minimum Gasteiger partial charge on any atom is -0.488 e. The molecule has 3 aromatic carbocycles. The first-order valence-electron chi connectivity index (χ1n) is 9.96. The van der Waals surface area contributed by atoms with Crippen molar-refractivity contribution in [2.24, 2.45) is 0 Å². The molecule has 5 nitrogen and oxygen atoms in total. The van der Waals surface area contributed by atoms with Gasteiger partial charge in [0.1, 0.15) is 18.1 Å². The highest BCUT2D eigenvalue weighted by Gasteiger charge is 2.33. The molecule has 0 aromatic heterocycles. The first-order valence-corrected chi connectivity index (χ1v) is 11.5. The van der Waals surface area contributed by atoms with Gasteiger partial charge >= 0.3 is 6.03 Å². The van der Waals surface area contributed by atoms with Gasteiger partial charge in [0.2, 0.25) is 0 Å². The summed E-state index contributed by atoms with van der Waals surface area (Å²) < 4.78 is 7.85. The SMILES string of the molecule is Cc1ccc(CN2C(=O)N/C(=C/c3cc(Br)ccc3OCc3ccc(Br)cc3)C2=O)cc1. The highest BCUT2D eigenvalue weighted by molar-refractivity contribution is 9.10. The zero-order valence-electron chi connectivity index (χ0n) is 17.3. The molecule has 1 aliphatic rings. The number of hydrogen-bond donors (Lipinski definition) is 1. The van der Waals surface area contributed by atoms with Crippen LogP contribution in [-0.2, 0) is 17.9 Å². The second kappa shape index (κ2) is 9.71. The summed E-state index contributed by atoms with van der Waals surface area (Å²) in [5.74, 6) is 0.247. The van der Waals surface area contributed by atoms with Crippen molar-refractivity contribution >= 4 is 49.9 Å². The number of ether oxygens (including phenoxy) is 1. The average Bonchev–Trinajstić information content (AvgIpc) is 3.03. The molecule has 0 bridgehead atoms. The standard InChI is InChI=1S/C25H20Br2N2O3/c1-16-2-4-17(5-3-16)14-29-24(30)22(28-25(29)31)13-19-12-21(27)10-11-23(19)32-15-18-6-8-20(26)9-7-18/h2-13H,14-15H2,1H3,(H,28,31)/b22-13+. The van der Waals surface area contributed by atoms with Gasteiger partial charge in [0.25, 0.3) is 5.91 Å². The first-order chi connectivity index (χ1) is 15.4. The third kappa shape index (κ3) is 5.29. The van der Waals surface area contributed by atoms with Crippen molar-refractivity contribution in [2.75, 3.05) is 0 Å². The summed E-state index contributed by atoms with van der Waals surface area (Å²) in [5.41, 5.74) is 3.94. The number of hydrogen-bond acceptors (Lipinski definition) is 3. The van der Waals surface area contributed by atoms with Crippen LogP contribution in [0.15, 0.2) is 81.4 Å². The van der Waals surface area contributed by atoms with Crippen LogP contribution in [0, 0.1) is 6.92 Å². The van der Waals surface area contributed by atoms with E-state index in [1.54, 1.807) is 6.08 Å². The lowest BCUT2D eigenvalue weighted by Gasteiger charge is -2.12. The number of nitrogens with one attached hydrogen (secondary N) is 1. The van der Waals surface area contributed by atoms with Gasteiger partial charge in [0.05, 0.1) is 6.54 Å². The quantitative estimate of drug-likeness (QED) is 0.291. The monoisotopic (exact) mass is 554 g/mol. The Morgan fingerprint density at radius 3 is 2.28 bits per heavy atom. The van der Waals surface area contributed by atoms with Crippen LogP contribution >= 0.6 is 31.9 Å². The Morgan fingerprint density at radius 1 is 0.906 bits per heavy atom. The average molecular weight is 556 g/mol. The van der Waals surface area contributed by atoms with Crippen molar-refractivity contribution in [1.82, 2.24) is 10.2 Å². The summed E-state index contributed by atoms with van der Waals surface area (Å²) in [7, 11) is 0. The van der Waals surface area contributed by atoms with Gasteiger partial charge in [-0.15, -0.1) is 0 Å². The molecule has 1 fully saturated rings. The Labute approximate surface area is 203 Å². The molecule has 0 spiro atoms. The number of aryl methyl sites for hydroxylation is 1. The zero-order valence-corrected chi connectivity index (χ0v) is 20.4. The molecular weight excluding hydrogens is 536 g/mol. The number of benzene rings is 3. The van der Waals surface area contributed by atoms with Crippen LogP contribution in [0.4, 0.5) is 4.79 Å². The molecule has 1 heterocycles. The fourth-order valence-electron chi connectivity index (χ4n) is 3.25. The number of carbonyl (C=O) groups excluding carboxylic acids is 2. The van der Waals surface area contributed by atoms with Crippen molar-refractivity contribution < 1.29 is 14.3 Å². The van der Waals surface area contributed by atoms with Crippen LogP contribution in [-0.4, -0.2) is 16.8 Å². The van der Waals surface area contributed by atoms with Crippen LogP contribution in [0.5, 0.6) is 5.75 Å². The minimum absolute atomic E-state index is 0.216. The highest BCUT2D eigenvalue weighted by atomic mass is 79.9. The molecule has 3 aromatic rings. The van der Waals surface area contributed by atoms with E-state index in [1.165, 1.54) is 4.90 Å². The van der Waals surface area contributed by atoms with E-state index in [-0.39, 0.29) is 18.1 Å². The molecule has 0 radical (unpaired) electrons. The lowest BCUT2D eigenvalue weighted by Crippen LogP contribution is -2.30. The van der Waals surface area contributed by atoms with E-state index in [0.717, 1.165) is 25.6 Å². The molecule has 0 unspecified atom stereocenters. The summed E-state index contributed by atoms with van der Waals surface area (Å²) in [6, 6.07) is 20.7. The number of urea groups is 1. The van der Waals surface area contributed by atoms with Gasteiger partial charge in [-0.2, -0.15) is 0 Å². The molecule has 0 saturated carbocycles. The number of rotatable bonds is 6. The molecule has 4 rings (SSSR count). The highest BCUT2D eigenvalue weighted by Crippen LogP contribution is 2.28. The van der Waals surface area contributed by atoms with Gasteiger partial charge in [-0.3, -0.25) is 9.69 Å². The number of carbonyl (C=O) groups is 2. The topological polar surface area (TPSA) is 58.6 Å². The summed E-state index contributed by atoms with van der Waals surface area (Å²) in [4.78, 5) is 26.6. The van der Waals surface area contributed by atoms with Crippen LogP contribution in [0.25, 0.3) is 6.08 Å². The maximum Gasteiger partial charge on any atom is 0.329 e. The molecule has 3 amide bonds. The van der Waals surface area contributed by atoms with Crippen molar-refractivity contribution in [2.45, 2.75) is 20.1 Å². The van der Waals surface area contributed by atoms with Crippen molar-refractivity contribution in [3.63, 3.8) is 0 Å². The Kier molecular flexibility index (Phi) is 6.77. The van der Waals surface area contributed by atoms with Crippen LogP contribution in [0.2, 0.25) is 0 Å². The smallest absolute Gasteiger partial charge is 0.329 e. The van der Waals surface area contributed by atoms with Crippen molar-refractivity contribution in [3.8, 4) is 5.75 Å². The van der Waals surface area contributed by atoms with Gasteiger partial charge in [0, 0.05) is 14.5 Å². The Hall–Kier alpha value is -2.90. The van der Waals surface area contributed by atoms with E-state index in [1.807, 2.05) is 73.7 Å². The lowest BCUT2D eigenvalue weighted by molar-refractivity contribution is -0.123. The van der Waals surface area contributed by atoms with Crippen LogP contribution in [0.1, 0.15) is 22.3 Å². The summed E-state index contributed by atoms with van der Waals surface area (Å²) >= 11 is 6.89. The van der Waals surface area contributed by atoms with E-state index in [0.29, 0.717) is 17.9 Å². The van der Waals surface area contributed by atoms with E-state index in [4.69, 9.17) is 4.74 Å². The van der Waals surface area contributed by atoms with Gasteiger partial charge in [-0.25, -0.2) is 4.79 Å². The second-order valence-corrected chi connectivity index (χ2v) is 9.29. The van der Waals surface area contributed by atoms with E-state index < -0.39 is 6.03 Å². The Bertz CT molecular complexity index is 1190. The normalized spacial score (nSPS) is 14.7. The number of amides is 3. The number of nitrogens with zero attached hydrogens (tertiary/aromatic N) is 1. The predicted octanol–water partition coefficient (Wildman–Crippen LogP) is 6.19. The molecule has 0 atom stereocenters. The second-order valence-electron chi connectivity index (χ2n) is 7.46. The predicted molar refractivity (Wildman–Crippen MR) is 131 cm³/mol. The van der Waals surface area contributed by atoms with Gasteiger partial charge in [0.15, 0.2) is 0 Å². The largest absolute Gasteiger partial charge is 0.488 e. The van der Waals surface area contributed by atoms with Crippen molar-refractivity contribution in [1.29, 1.82) is 0 Å². The minimum atomic E-state index is -0.436. The van der Waals surface area contributed by atoms with Crippen molar-refractivity contribution in [3.05, 3.63) is 104 Å². The van der Waals surface area contributed by atoms with E-state index in [2.05, 4.69) is 37.2 Å². The third-order valence-corrected chi connectivity index (χ3v) is 6.02. The maximum atomic E-state index is 12.9. The molecule has 162 valence electrons. The molecule has 0 aliphatic carbocycles. The van der Waals surface area contributed by atoms with E-state index in [9.17, 15) is 9.59 Å². The molecule has 1 aliphatic heterocycles. The Balaban J connectivity index is 1.54. The number of imide groups is 1. The fourth-order valence-corrected chi connectivity index (χ4v) is 3.90. The molecular formula is C25H20Br2N2O3. The summed E-state index contributed by atoms with van der Waals surface area (Å²) in [5, 5.41) is 2.68. The molecule has 1 N–H and O–H groups in total. The molecule has 7 heteroatoms. The zero-order chi connectivity index (χ0) is 22.7. The summed E-state index contributed by atoms with van der Waals surface area (Å²) in [6.07, 6.45) is 1.65. The third-order valence-electron chi connectivity index (χ3n) is 5.00. The molecule has 1 saturated heterocycles. The van der Waals surface area contributed by atoms with Crippen LogP contribution in [0.3, 0.4) is 0 Å². The van der Waals surface area contributed by atoms with Crippen LogP contribution < -0.4 is 10.1 Å². The first kappa shape index (κ1) is 22.3. The maximum absolute atomic E-state index is 12.9. The number of halogens is 2. The summed E-state index contributed by atoms with van der Waals surface area (Å²) in [6.45, 7) is 2.59. The molecule has 32 heavy (non-hydrogen) atoms. The van der Waals surface area contributed by atoms with E-state index >= 15 is 0 Å². The van der Waals surface area contributed by atoms with Gasteiger partial charge < -0.3 is 10.1 Å². The van der Waals surface area contributed by atoms with Gasteiger partial charge in [-0.05, 0) is 54.5 Å².